The first-order chi connectivity index (χ1) is 16.1. The highest BCUT2D eigenvalue weighted by molar-refractivity contribution is 5.73. The molecule has 1 fully saturated rings. The summed E-state index contributed by atoms with van der Waals surface area (Å²) in [5.74, 6) is 0.765. The molecule has 1 aliphatic rings. The van der Waals surface area contributed by atoms with Gasteiger partial charge in [0.15, 0.2) is 0 Å². The van der Waals surface area contributed by atoms with Gasteiger partial charge in [0.1, 0.15) is 29.8 Å². The van der Waals surface area contributed by atoms with Gasteiger partial charge in [0.2, 0.25) is 0 Å². The molecule has 4 rings (SSSR count). The normalized spacial score (nSPS) is 17.7. The lowest BCUT2D eigenvalue weighted by Gasteiger charge is -2.10. The van der Waals surface area contributed by atoms with Crippen molar-refractivity contribution in [3.8, 4) is 11.5 Å². The van der Waals surface area contributed by atoms with Crippen LogP contribution in [0.15, 0.2) is 54.7 Å². The molecule has 9 nitrogen and oxygen atoms in total. The molecule has 1 aliphatic heterocycles. The zero-order valence-electron chi connectivity index (χ0n) is 18.5. The minimum Gasteiger partial charge on any atom is -0.494 e. The number of carboxylic acids is 1. The van der Waals surface area contributed by atoms with Crippen molar-refractivity contribution in [2.75, 3.05) is 13.2 Å². The maximum atomic E-state index is 11.0. The van der Waals surface area contributed by atoms with E-state index in [1.165, 1.54) is 0 Å². The van der Waals surface area contributed by atoms with Crippen LogP contribution in [0.25, 0.3) is 0 Å². The number of aromatic nitrogens is 3. The number of nitrogens with one attached hydrogen (secondary N) is 1. The Balaban J connectivity index is 1.27. The zero-order chi connectivity index (χ0) is 23.0. The predicted octanol–water partition coefficient (Wildman–Crippen LogP) is 2.64. The number of carboxylic acid groups (broad SMARTS) is 1. The van der Waals surface area contributed by atoms with E-state index in [9.17, 15) is 4.79 Å². The molecule has 1 saturated heterocycles. The number of carbonyl (C=O) groups is 1. The maximum absolute atomic E-state index is 11.0. The molecule has 174 valence electrons. The Morgan fingerprint density at radius 3 is 2.64 bits per heavy atom. The van der Waals surface area contributed by atoms with Gasteiger partial charge in [0, 0.05) is 13.0 Å². The largest absolute Gasteiger partial charge is 0.494 e. The van der Waals surface area contributed by atoms with E-state index in [-0.39, 0.29) is 6.10 Å². The maximum Gasteiger partial charge on any atom is 0.320 e. The SMILES string of the molecule is CCOc1cccc(COc2cccc(Cn3cc(CO[C@H]4CN[C@H](C(=O)O)C4)nn3)c2)c1. The molecular formula is C24H28N4O5. The molecule has 0 unspecified atom stereocenters. The van der Waals surface area contributed by atoms with E-state index in [0.717, 1.165) is 22.6 Å². The Morgan fingerprint density at radius 2 is 1.88 bits per heavy atom. The standard InChI is InChI=1S/C24H28N4O5/c1-2-31-20-7-4-6-18(10-20)15-32-21-8-3-5-17(9-21)13-28-14-19(26-27-28)16-33-22-11-23(24(29)30)25-12-22/h3-10,14,22-23,25H,2,11-13,15-16H2,1H3,(H,29,30)/t22-,23+/m1/s1. The van der Waals surface area contributed by atoms with Gasteiger partial charge < -0.3 is 24.6 Å². The average Bonchev–Trinajstić information content (AvgIpc) is 3.47. The third-order valence-corrected chi connectivity index (χ3v) is 5.30. The molecule has 2 aromatic carbocycles. The molecule has 0 radical (unpaired) electrons. The summed E-state index contributed by atoms with van der Waals surface area (Å²) in [5, 5.41) is 20.3. The molecule has 2 atom stereocenters. The lowest BCUT2D eigenvalue weighted by Crippen LogP contribution is -2.29. The second-order valence-corrected chi connectivity index (χ2v) is 7.89. The molecule has 0 saturated carbocycles. The fourth-order valence-corrected chi connectivity index (χ4v) is 3.68. The highest BCUT2D eigenvalue weighted by atomic mass is 16.5. The summed E-state index contributed by atoms with van der Waals surface area (Å²) in [7, 11) is 0. The monoisotopic (exact) mass is 452 g/mol. The van der Waals surface area contributed by atoms with E-state index in [2.05, 4.69) is 15.6 Å². The van der Waals surface area contributed by atoms with Crippen LogP contribution in [-0.4, -0.2) is 51.4 Å². The van der Waals surface area contributed by atoms with Crippen LogP contribution in [0.3, 0.4) is 0 Å². The van der Waals surface area contributed by atoms with Gasteiger partial charge in [0.25, 0.3) is 0 Å². The minimum atomic E-state index is -0.850. The van der Waals surface area contributed by atoms with Crippen molar-refractivity contribution < 1.29 is 24.1 Å². The molecule has 2 heterocycles. The number of ether oxygens (including phenoxy) is 3. The number of rotatable bonds is 11. The van der Waals surface area contributed by atoms with Crippen LogP contribution < -0.4 is 14.8 Å². The number of hydrogen-bond donors (Lipinski definition) is 2. The highest BCUT2D eigenvalue weighted by Gasteiger charge is 2.29. The number of nitrogens with zero attached hydrogens (tertiary/aromatic N) is 3. The molecule has 33 heavy (non-hydrogen) atoms. The summed E-state index contributed by atoms with van der Waals surface area (Å²) in [6, 6.07) is 15.2. The van der Waals surface area contributed by atoms with E-state index in [4.69, 9.17) is 19.3 Å². The Kier molecular flexibility index (Phi) is 7.54. The number of aliphatic carboxylic acids is 1. The van der Waals surface area contributed by atoms with Crippen LogP contribution in [0.4, 0.5) is 0 Å². The quantitative estimate of drug-likeness (QED) is 0.457. The fraction of sp³-hybridized carbons (Fsp3) is 0.375. The van der Waals surface area contributed by atoms with Crippen LogP contribution in [0.5, 0.6) is 11.5 Å². The topological polar surface area (TPSA) is 108 Å². The second-order valence-electron chi connectivity index (χ2n) is 7.89. The van der Waals surface area contributed by atoms with Crippen LogP contribution in [-0.2, 0) is 29.3 Å². The summed E-state index contributed by atoms with van der Waals surface area (Å²) < 4.78 is 19.0. The minimum absolute atomic E-state index is 0.140. The van der Waals surface area contributed by atoms with E-state index in [1.54, 1.807) is 4.68 Å². The Bertz CT molecular complexity index is 1070. The predicted molar refractivity (Wildman–Crippen MR) is 120 cm³/mol. The van der Waals surface area contributed by atoms with Crippen LogP contribution in [0.1, 0.15) is 30.2 Å². The van der Waals surface area contributed by atoms with E-state index in [0.29, 0.717) is 45.0 Å². The second kappa shape index (κ2) is 10.9. The van der Waals surface area contributed by atoms with Crippen LogP contribution >= 0.6 is 0 Å². The van der Waals surface area contributed by atoms with E-state index < -0.39 is 12.0 Å². The molecule has 1 aromatic heterocycles. The van der Waals surface area contributed by atoms with Crippen molar-refractivity contribution in [2.45, 2.75) is 45.2 Å². The van der Waals surface area contributed by atoms with Gasteiger partial charge in [-0.3, -0.25) is 4.79 Å². The van der Waals surface area contributed by atoms with Crippen molar-refractivity contribution >= 4 is 5.97 Å². The highest BCUT2D eigenvalue weighted by Crippen LogP contribution is 2.19. The van der Waals surface area contributed by atoms with Crippen molar-refractivity contribution in [1.29, 1.82) is 0 Å². The smallest absolute Gasteiger partial charge is 0.320 e. The van der Waals surface area contributed by atoms with E-state index >= 15 is 0 Å². The molecule has 9 heteroatoms. The molecule has 0 aliphatic carbocycles. The van der Waals surface area contributed by atoms with Crippen molar-refractivity contribution in [3.05, 3.63) is 71.5 Å². The zero-order valence-corrected chi connectivity index (χ0v) is 18.5. The number of benzene rings is 2. The Hall–Kier alpha value is -3.43. The van der Waals surface area contributed by atoms with Gasteiger partial charge in [0.05, 0.1) is 32.1 Å². The first kappa shape index (κ1) is 22.8. The molecule has 0 spiro atoms. The van der Waals surface area contributed by atoms with Crippen LogP contribution in [0, 0.1) is 0 Å². The molecule has 0 bridgehead atoms. The summed E-state index contributed by atoms with van der Waals surface area (Å²) in [6.07, 6.45) is 2.15. The summed E-state index contributed by atoms with van der Waals surface area (Å²) >= 11 is 0. The van der Waals surface area contributed by atoms with Gasteiger partial charge in [-0.2, -0.15) is 0 Å². The average molecular weight is 453 g/mol. The summed E-state index contributed by atoms with van der Waals surface area (Å²) in [6.45, 7) is 4.41. The Morgan fingerprint density at radius 1 is 1.12 bits per heavy atom. The van der Waals surface area contributed by atoms with Crippen LogP contribution in [0.2, 0.25) is 0 Å². The molecule has 0 amide bonds. The Labute approximate surface area is 192 Å². The molecule has 3 aromatic rings. The fourth-order valence-electron chi connectivity index (χ4n) is 3.68. The van der Waals surface area contributed by atoms with Gasteiger partial charge >= 0.3 is 5.97 Å². The van der Waals surface area contributed by atoms with Crippen molar-refractivity contribution in [1.82, 2.24) is 20.3 Å². The third kappa shape index (κ3) is 6.53. The number of hydrogen-bond acceptors (Lipinski definition) is 7. The lowest BCUT2D eigenvalue weighted by molar-refractivity contribution is -0.139. The van der Waals surface area contributed by atoms with Gasteiger partial charge in [-0.05, 0) is 42.3 Å². The summed E-state index contributed by atoms with van der Waals surface area (Å²) in [4.78, 5) is 11.0. The molecular weight excluding hydrogens is 424 g/mol. The first-order valence-corrected chi connectivity index (χ1v) is 11.0. The van der Waals surface area contributed by atoms with E-state index in [1.807, 2.05) is 61.7 Å². The molecule has 2 N–H and O–H groups in total. The van der Waals surface area contributed by atoms with Crippen molar-refractivity contribution in [2.24, 2.45) is 0 Å². The van der Waals surface area contributed by atoms with Gasteiger partial charge in [-0.25, -0.2) is 4.68 Å². The van der Waals surface area contributed by atoms with Gasteiger partial charge in [-0.15, -0.1) is 5.10 Å². The lowest BCUT2D eigenvalue weighted by atomic mass is 10.2. The van der Waals surface area contributed by atoms with Gasteiger partial charge in [-0.1, -0.05) is 29.5 Å². The third-order valence-electron chi connectivity index (χ3n) is 5.30. The summed E-state index contributed by atoms with van der Waals surface area (Å²) in [5.41, 5.74) is 2.78. The van der Waals surface area contributed by atoms with Crippen molar-refractivity contribution in [3.63, 3.8) is 0 Å². The first-order valence-electron chi connectivity index (χ1n) is 11.0.